The van der Waals surface area contributed by atoms with Gasteiger partial charge in [0, 0.05) is 39.8 Å². The Bertz CT molecular complexity index is 1860. The predicted molar refractivity (Wildman–Crippen MR) is 151 cm³/mol. The van der Waals surface area contributed by atoms with Crippen molar-refractivity contribution in [3.63, 3.8) is 0 Å². The Balaban J connectivity index is 1.49. The van der Waals surface area contributed by atoms with Crippen LogP contribution in [0.5, 0.6) is 0 Å². The molecule has 0 spiro atoms. The van der Waals surface area contributed by atoms with E-state index >= 15 is 0 Å². The molecule has 6 aromatic rings. The number of aromatic nitrogens is 2. The van der Waals surface area contributed by atoms with Crippen LogP contribution < -0.4 is 0 Å². The number of benzene rings is 4. The summed E-state index contributed by atoms with van der Waals surface area (Å²) in [5, 5.41) is 13.8. The van der Waals surface area contributed by atoms with E-state index in [-0.39, 0.29) is 10.6 Å². The van der Waals surface area contributed by atoms with E-state index in [2.05, 4.69) is 34.9 Å². The van der Waals surface area contributed by atoms with Crippen LogP contribution in [0.25, 0.3) is 49.9 Å². The lowest BCUT2D eigenvalue weighted by atomic mass is 9.99. The first-order valence-corrected chi connectivity index (χ1v) is 12.7. The Morgan fingerprint density at radius 2 is 1.44 bits per heavy atom. The first-order valence-electron chi connectivity index (χ1n) is 12.7. The van der Waals surface area contributed by atoms with Gasteiger partial charge in [0.25, 0.3) is 5.69 Å². The fourth-order valence-electron chi connectivity index (χ4n) is 5.46. The van der Waals surface area contributed by atoms with Crippen molar-refractivity contribution in [1.82, 2.24) is 9.55 Å². The Morgan fingerprint density at radius 3 is 2.18 bits per heavy atom. The summed E-state index contributed by atoms with van der Waals surface area (Å²) in [6.45, 7) is 1.11. The zero-order valence-corrected chi connectivity index (χ0v) is 20.9. The van der Waals surface area contributed by atoms with Gasteiger partial charge < -0.3 is 14.0 Å². The smallest absolute Gasteiger partial charge is 0.277 e. The van der Waals surface area contributed by atoms with Crippen molar-refractivity contribution in [3.8, 4) is 28.1 Å². The molecule has 4 aromatic carbocycles. The molecule has 2 aromatic heterocycles. The van der Waals surface area contributed by atoms with E-state index in [1.165, 1.54) is 0 Å². The first kappa shape index (κ1) is 23.3. The van der Waals surface area contributed by atoms with Gasteiger partial charge >= 0.3 is 0 Å². The fraction of sp³-hybridized carbons (Fsp3) is 0.0938. The number of fused-ring (bicyclic) bond motifs is 3. The number of rotatable bonds is 5. The Kier molecular flexibility index (Phi) is 5.65. The fourth-order valence-corrected chi connectivity index (χ4v) is 5.46. The lowest BCUT2D eigenvalue weighted by Crippen LogP contribution is -2.02. The quantitative estimate of drug-likeness (QED) is 0.176. The maximum atomic E-state index is 11.8. The number of para-hydroxylation sites is 2. The summed E-state index contributed by atoms with van der Waals surface area (Å²) in [7, 11) is 0. The molecule has 1 aliphatic rings. The maximum Gasteiger partial charge on any atom is 0.277 e. The largest absolute Gasteiger partial charge is 0.346 e. The number of hydrogen-bond acceptors (Lipinski definition) is 5. The van der Waals surface area contributed by atoms with Gasteiger partial charge in [0.1, 0.15) is 0 Å². The van der Waals surface area contributed by atoms with Gasteiger partial charge in [-0.3, -0.25) is 15.1 Å². The Hall–Kier alpha value is -4.85. The number of nitro benzene ring substituents is 1. The molecule has 190 valence electrons. The minimum atomic E-state index is -0.444. The van der Waals surface area contributed by atoms with E-state index in [1.807, 2.05) is 54.6 Å². The Morgan fingerprint density at radius 1 is 0.769 bits per heavy atom. The van der Waals surface area contributed by atoms with Crippen LogP contribution in [0.3, 0.4) is 0 Å². The average molecular weight is 514 g/mol. The third-order valence-corrected chi connectivity index (χ3v) is 7.18. The lowest BCUT2D eigenvalue weighted by Gasteiger charge is -2.14. The monoisotopic (exact) mass is 513 g/mol. The second-order valence-electron chi connectivity index (χ2n) is 9.42. The highest BCUT2D eigenvalue weighted by Crippen LogP contribution is 2.39. The number of nitro groups is 1. The maximum absolute atomic E-state index is 11.8. The van der Waals surface area contributed by atoms with Crippen LogP contribution in [0.1, 0.15) is 11.9 Å². The van der Waals surface area contributed by atoms with Gasteiger partial charge in [0.2, 0.25) is 0 Å². The topological polar surface area (TPSA) is 79.4 Å². The summed E-state index contributed by atoms with van der Waals surface area (Å²) in [5.41, 5.74) is 7.19. The van der Waals surface area contributed by atoms with Gasteiger partial charge in [-0.1, -0.05) is 48.5 Å². The van der Waals surface area contributed by atoms with Crippen LogP contribution >= 0.6 is 0 Å². The molecule has 0 bridgehead atoms. The van der Waals surface area contributed by atoms with E-state index in [1.54, 1.807) is 24.4 Å². The van der Waals surface area contributed by atoms with Crippen molar-refractivity contribution < 1.29 is 14.4 Å². The van der Waals surface area contributed by atoms with Crippen molar-refractivity contribution >= 4 is 27.5 Å². The van der Waals surface area contributed by atoms with Gasteiger partial charge in [0.05, 0.1) is 40.4 Å². The summed E-state index contributed by atoms with van der Waals surface area (Å²) in [6, 6.07) is 33.3. The van der Waals surface area contributed by atoms with Crippen molar-refractivity contribution in [2.24, 2.45) is 0 Å². The molecule has 3 heterocycles. The summed E-state index contributed by atoms with van der Waals surface area (Å²) in [4.78, 5) is 16.1. The highest BCUT2D eigenvalue weighted by Gasteiger charge is 2.24. The van der Waals surface area contributed by atoms with E-state index in [0.717, 1.165) is 49.9 Å². The summed E-state index contributed by atoms with van der Waals surface area (Å²) >= 11 is 0. The molecular weight excluding hydrogens is 490 g/mol. The normalized spacial score (nSPS) is 13.8. The summed E-state index contributed by atoms with van der Waals surface area (Å²) < 4.78 is 13.8. The van der Waals surface area contributed by atoms with E-state index < -0.39 is 6.29 Å². The van der Waals surface area contributed by atoms with Crippen LogP contribution in [-0.4, -0.2) is 27.7 Å². The number of hydrogen-bond donors (Lipinski definition) is 0. The van der Waals surface area contributed by atoms with Crippen LogP contribution in [0.4, 0.5) is 5.69 Å². The highest BCUT2D eigenvalue weighted by molar-refractivity contribution is 6.11. The molecule has 7 nitrogen and oxygen atoms in total. The number of nitrogens with zero attached hydrogens (tertiary/aromatic N) is 3. The molecule has 0 unspecified atom stereocenters. The second-order valence-corrected chi connectivity index (χ2v) is 9.42. The molecule has 0 N–H and O–H groups in total. The first-order chi connectivity index (χ1) is 19.2. The van der Waals surface area contributed by atoms with Crippen molar-refractivity contribution in [1.29, 1.82) is 0 Å². The van der Waals surface area contributed by atoms with Crippen molar-refractivity contribution in [3.05, 3.63) is 125 Å². The zero-order valence-electron chi connectivity index (χ0n) is 20.9. The molecule has 0 aliphatic carbocycles. The SMILES string of the molecule is O=[N+]([O-])c1ccccc1-c1ccc2c(c1)c1cc(-c3ncccc3C3OCCO3)ccc1n2-c1ccccc1. The molecule has 1 aliphatic heterocycles. The molecule has 1 saturated heterocycles. The lowest BCUT2D eigenvalue weighted by molar-refractivity contribution is -0.384. The summed E-state index contributed by atoms with van der Waals surface area (Å²) in [5.74, 6) is 0. The van der Waals surface area contributed by atoms with Gasteiger partial charge in [0.15, 0.2) is 6.29 Å². The molecule has 1 fully saturated rings. The van der Waals surface area contributed by atoms with Gasteiger partial charge in [-0.25, -0.2) is 0 Å². The predicted octanol–water partition coefficient (Wildman–Crippen LogP) is 7.47. The minimum absolute atomic E-state index is 0.0824. The third kappa shape index (κ3) is 3.96. The average Bonchev–Trinajstić information content (AvgIpc) is 3.64. The molecule has 0 atom stereocenters. The van der Waals surface area contributed by atoms with Crippen LogP contribution in [0.2, 0.25) is 0 Å². The molecule has 0 amide bonds. The van der Waals surface area contributed by atoms with Gasteiger partial charge in [-0.2, -0.15) is 0 Å². The molecular formula is C32H23N3O4. The molecule has 0 radical (unpaired) electrons. The van der Waals surface area contributed by atoms with Gasteiger partial charge in [-0.15, -0.1) is 0 Å². The van der Waals surface area contributed by atoms with E-state index in [4.69, 9.17) is 14.5 Å². The van der Waals surface area contributed by atoms with E-state index in [9.17, 15) is 10.1 Å². The summed E-state index contributed by atoms with van der Waals surface area (Å²) in [6.07, 6.45) is 1.33. The molecule has 39 heavy (non-hydrogen) atoms. The second kappa shape index (κ2) is 9.47. The standard InChI is InChI=1S/C32H23N3O4/c36-35(37)30-11-5-4-9-24(30)21-12-14-28-26(19-21)27-20-22(13-15-29(27)34(28)23-7-2-1-3-8-23)31-25(10-6-16-33-31)32-38-17-18-39-32/h1-16,19-20,32H,17-18H2. The van der Waals surface area contributed by atoms with Crippen molar-refractivity contribution in [2.75, 3.05) is 13.2 Å². The minimum Gasteiger partial charge on any atom is -0.346 e. The number of ether oxygens (including phenoxy) is 2. The number of pyridine rings is 1. The third-order valence-electron chi connectivity index (χ3n) is 7.18. The van der Waals surface area contributed by atoms with Crippen LogP contribution in [0.15, 0.2) is 109 Å². The van der Waals surface area contributed by atoms with Gasteiger partial charge in [-0.05, 0) is 54.1 Å². The van der Waals surface area contributed by atoms with E-state index in [0.29, 0.717) is 18.8 Å². The van der Waals surface area contributed by atoms with Crippen LogP contribution in [-0.2, 0) is 9.47 Å². The molecule has 7 rings (SSSR count). The Labute approximate surface area is 224 Å². The molecule has 7 heteroatoms. The zero-order chi connectivity index (χ0) is 26.3. The molecule has 0 saturated carbocycles. The van der Waals surface area contributed by atoms with Crippen molar-refractivity contribution in [2.45, 2.75) is 6.29 Å². The highest BCUT2D eigenvalue weighted by atomic mass is 16.7. The van der Waals surface area contributed by atoms with Crippen LogP contribution in [0, 0.1) is 10.1 Å².